The molecule has 0 bridgehead atoms. The fourth-order valence-corrected chi connectivity index (χ4v) is 3.18. The first kappa shape index (κ1) is 17.6. The molecule has 0 unspecified atom stereocenters. The average Bonchev–Trinajstić information content (AvgIpc) is 2.59. The van der Waals surface area contributed by atoms with E-state index < -0.39 is 0 Å². The molecule has 1 fully saturated rings. The summed E-state index contributed by atoms with van der Waals surface area (Å²) in [5.74, 6) is 0.735. The number of ether oxygens (including phenoxy) is 1. The van der Waals surface area contributed by atoms with Gasteiger partial charge in [0.05, 0.1) is 7.11 Å². The third-order valence-electron chi connectivity index (χ3n) is 4.46. The van der Waals surface area contributed by atoms with Crippen molar-refractivity contribution in [3.05, 3.63) is 24.3 Å². The van der Waals surface area contributed by atoms with Crippen molar-refractivity contribution in [3.63, 3.8) is 0 Å². The maximum absolute atomic E-state index is 11.9. The number of urea groups is 1. The molecule has 2 rings (SSSR count). The van der Waals surface area contributed by atoms with Gasteiger partial charge in [-0.3, -0.25) is 0 Å². The Labute approximate surface area is 139 Å². The summed E-state index contributed by atoms with van der Waals surface area (Å²) in [6.07, 6.45) is 6.20. The van der Waals surface area contributed by atoms with E-state index in [4.69, 9.17) is 4.74 Å². The van der Waals surface area contributed by atoms with Crippen LogP contribution in [0, 0.1) is 0 Å². The van der Waals surface area contributed by atoms with E-state index in [1.165, 1.54) is 32.2 Å². The minimum Gasteiger partial charge on any atom is -0.497 e. The molecule has 2 N–H and O–H groups in total. The molecule has 1 aromatic rings. The smallest absolute Gasteiger partial charge is 0.319 e. The van der Waals surface area contributed by atoms with Crippen LogP contribution in [0.15, 0.2) is 24.3 Å². The fourth-order valence-electron chi connectivity index (χ4n) is 3.18. The number of hydrogen-bond acceptors (Lipinski definition) is 3. The lowest BCUT2D eigenvalue weighted by molar-refractivity contribution is 0.142. The molecule has 0 aromatic heterocycles. The molecular weight excluding hydrogens is 290 g/mol. The van der Waals surface area contributed by atoms with Gasteiger partial charge in [-0.1, -0.05) is 19.4 Å². The minimum absolute atomic E-state index is 0.163. The topological polar surface area (TPSA) is 53.6 Å². The second kappa shape index (κ2) is 9.40. The summed E-state index contributed by atoms with van der Waals surface area (Å²) in [7, 11) is 1.61. The molecule has 23 heavy (non-hydrogen) atoms. The minimum atomic E-state index is -0.163. The van der Waals surface area contributed by atoms with Crippen LogP contribution in [0.5, 0.6) is 5.75 Å². The normalized spacial score (nSPS) is 18.4. The van der Waals surface area contributed by atoms with E-state index in [1.54, 1.807) is 13.2 Å². The third kappa shape index (κ3) is 5.75. The van der Waals surface area contributed by atoms with Crippen molar-refractivity contribution in [2.75, 3.05) is 32.1 Å². The van der Waals surface area contributed by atoms with Crippen LogP contribution in [0.4, 0.5) is 10.5 Å². The summed E-state index contributed by atoms with van der Waals surface area (Å²) < 4.78 is 5.15. The number of hydrogen-bond donors (Lipinski definition) is 2. The number of carbonyl (C=O) groups is 1. The number of nitrogens with zero attached hydrogens (tertiary/aromatic N) is 1. The van der Waals surface area contributed by atoms with Crippen LogP contribution in [0.1, 0.15) is 39.0 Å². The van der Waals surface area contributed by atoms with Crippen molar-refractivity contribution in [3.8, 4) is 5.75 Å². The summed E-state index contributed by atoms with van der Waals surface area (Å²) >= 11 is 0. The monoisotopic (exact) mass is 319 g/mol. The molecule has 5 heteroatoms. The van der Waals surface area contributed by atoms with E-state index in [-0.39, 0.29) is 6.03 Å². The fraction of sp³-hybridized carbons (Fsp3) is 0.611. The van der Waals surface area contributed by atoms with Gasteiger partial charge in [0.25, 0.3) is 0 Å². The highest BCUT2D eigenvalue weighted by Crippen LogP contribution is 2.19. The van der Waals surface area contributed by atoms with Crippen LogP contribution >= 0.6 is 0 Å². The van der Waals surface area contributed by atoms with Gasteiger partial charge in [-0.15, -0.1) is 0 Å². The van der Waals surface area contributed by atoms with Crippen LogP contribution < -0.4 is 15.4 Å². The molecular formula is C18H29N3O2. The van der Waals surface area contributed by atoms with Gasteiger partial charge in [-0.25, -0.2) is 4.79 Å². The van der Waals surface area contributed by atoms with Gasteiger partial charge >= 0.3 is 6.03 Å². The van der Waals surface area contributed by atoms with Crippen molar-refractivity contribution in [1.82, 2.24) is 10.2 Å². The number of carbonyl (C=O) groups excluding carboxylic acids is 1. The van der Waals surface area contributed by atoms with Crippen LogP contribution in [0.3, 0.4) is 0 Å². The first-order chi connectivity index (χ1) is 11.2. The van der Waals surface area contributed by atoms with Crippen LogP contribution in [0.25, 0.3) is 0 Å². The quantitative estimate of drug-likeness (QED) is 0.757. The molecule has 5 nitrogen and oxygen atoms in total. The summed E-state index contributed by atoms with van der Waals surface area (Å²) in [4.78, 5) is 14.5. The Morgan fingerprint density at radius 3 is 3.04 bits per heavy atom. The van der Waals surface area contributed by atoms with Gasteiger partial charge in [0, 0.05) is 30.9 Å². The zero-order chi connectivity index (χ0) is 16.5. The van der Waals surface area contributed by atoms with E-state index >= 15 is 0 Å². The molecule has 1 saturated heterocycles. The van der Waals surface area contributed by atoms with E-state index in [2.05, 4.69) is 22.5 Å². The van der Waals surface area contributed by atoms with E-state index in [0.29, 0.717) is 6.54 Å². The molecule has 1 heterocycles. The van der Waals surface area contributed by atoms with Crippen molar-refractivity contribution in [1.29, 1.82) is 0 Å². The van der Waals surface area contributed by atoms with Crippen molar-refractivity contribution < 1.29 is 9.53 Å². The lowest BCUT2D eigenvalue weighted by atomic mass is 10.00. The second-order valence-electron chi connectivity index (χ2n) is 6.06. The lowest BCUT2D eigenvalue weighted by Crippen LogP contribution is -2.41. The van der Waals surface area contributed by atoms with Crippen molar-refractivity contribution in [2.45, 2.75) is 45.1 Å². The molecule has 0 spiro atoms. The Balaban J connectivity index is 1.66. The second-order valence-corrected chi connectivity index (χ2v) is 6.06. The third-order valence-corrected chi connectivity index (χ3v) is 4.46. The molecule has 0 aliphatic carbocycles. The van der Waals surface area contributed by atoms with Gasteiger partial charge in [0.1, 0.15) is 5.75 Å². The lowest BCUT2D eigenvalue weighted by Gasteiger charge is -2.35. The van der Waals surface area contributed by atoms with Gasteiger partial charge in [-0.05, 0) is 44.4 Å². The molecule has 0 saturated carbocycles. The Morgan fingerprint density at radius 2 is 2.26 bits per heavy atom. The first-order valence-corrected chi connectivity index (χ1v) is 8.66. The number of rotatable bonds is 7. The molecule has 1 atom stereocenters. The van der Waals surface area contributed by atoms with Crippen LogP contribution in [-0.2, 0) is 0 Å². The molecule has 128 valence electrons. The molecule has 2 amide bonds. The van der Waals surface area contributed by atoms with E-state index in [1.807, 2.05) is 18.2 Å². The predicted octanol–water partition coefficient (Wildman–Crippen LogP) is 3.47. The number of likely N-dealkylation sites (tertiary alicyclic amines) is 1. The highest BCUT2D eigenvalue weighted by molar-refractivity contribution is 5.89. The van der Waals surface area contributed by atoms with Gasteiger partial charge in [0.2, 0.25) is 0 Å². The number of amides is 2. The zero-order valence-corrected chi connectivity index (χ0v) is 14.3. The Kier molecular flexibility index (Phi) is 7.20. The number of anilines is 1. The standard InChI is InChI=1S/C18H29N3O2/c1-3-16-9-4-5-12-21(16)13-7-11-19-18(22)20-15-8-6-10-17(14-15)23-2/h6,8,10,14,16H,3-5,7,9,11-13H2,1-2H3,(H2,19,20,22)/t16-/m0/s1. The predicted molar refractivity (Wildman–Crippen MR) is 94.1 cm³/mol. The zero-order valence-electron chi connectivity index (χ0n) is 14.3. The molecule has 1 aliphatic heterocycles. The molecule has 1 aliphatic rings. The number of nitrogens with one attached hydrogen (secondary N) is 2. The summed E-state index contributed by atoms with van der Waals surface area (Å²) in [5, 5.41) is 5.75. The maximum atomic E-state index is 11.9. The Bertz CT molecular complexity index is 493. The highest BCUT2D eigenvalue weighted by Gasteiger charge is 2.19. The summed E-state index contributed by atoms with van der Waals surface area (Å²) in [6, 6.07) is 7.93. The van der Waals surface area contributed by atoms with Crippen molar-refractivity contribution >= 4 is 11.7 Å². The first-order valence-electron chi connectivity index (χ1n) is 8.66. The van der Waals surface area contributed by atoms with Crippen LogP contribution in [0.2, 0.25) is 0 Å². The molecule has 1 aromatic carbocycles. The van der Waals surface area contributed by atoms with Crippen molar-refractivity contribution in [2.24, 2.45) is 0 Å². The molecule has 0 radical (unpaired) electrons. The SMILES string of the molecule is CC[C@H]1CCCCN1CCCNC(=O)Nc1cccc(OC)c1. The Morgan fingerprint density at radius 1 is 1.39 bits per heavy atom. The average molecular weight is 319 g/mol. The summed E-state index contributed by atoms with van der Waals surface area (Å²) in [5.41, 5.74) is 0.740. The van der Waals surface area contributed by atoms with Gasteiger partial charge in [-0.2, -0.15) is 0 Å². The van der Waals surface area contributed by atoms with E-state index in [0.717, 1.165) is 30.4 Å². The number of benzene rings is 1. The van der Waals surface area contributed by atoms with E-state index in [9.17, 15) is 4.79 Å². The maximum Gasteiger partial charge on any atom is 0.319 e. The largest absolute Gasteiger partial charge is 0.497 e. The van der Waals surface area contributed by atoms with Gasteiger partial charge in [0.15, 0.2) is 0 Å². The Hall–Kier alpha value is -1.75. The van der Waals surface area contributed by atoms with Crippen LogP contribution in [-0.4, -0.2) is 43.7 Å². The summed E-state index contributed by atoms with van der Waals surface area (Å²) in [6.45, 7) is 5.23. The van der Waals surface area contributed by atoms with Gasteiger partial charge < -0.3 is 20.3 Å². The number of methoxy groups -OCH3 is 1. The highest BCUT2D eigenvalue weighted by atomic mass is 16.5. The number of piperidine rings is 1.